The van der Waals surface area contributed by atoms with Crippen molar-refractivity contribution in [1.29, 1.82) is 0 Å². The average molecular weight is 233 g/mol. The number of nitrogens with zero attached hydrogens (tertiary/aromatic N) is 4. The molecular formula is C12H19N5. The molecule has 1 unspecified atom stereocenters. The summed E-state index contributed by atoms with van der Waals surface area (Å²) in [6, 6.07) is 2.41. The van der Waals surface area contributed by atoms with Gasteiger partial charge in [0.2, 0.25) is 0 Å². The third-order valence-corrected chi connectivity index (χ3v) is 2.60. The van der Waals surface area contributed by atoms with E-state index in [1.807, 2.05) is 13.0 Å². The largest absolute Gasteiger partial charge is 0.367 e. The van der Waals surface area contributed by atoms with E-state index < -0.39 is 0 Å². The normalized spacial score (nSPS) is 13.2. The summed E-state index contributed by atoms with van der Waals surface area (Å²) in [6.07, 6.45) is 2.65. The van der Waals surface area contributed by atoms with Gasteiger partial charge in [-0.3, -0.25) is 0 Å². The van der Waals surface area contributed by atoms with Crippen LogP contribution in [0.25, 0.3) is 5.78 Å². The molecule has 0 aromatic carbocycles. The molecule has 0 saturated carbocycles. The Morgan fingerprint density at radius 3 is 2.82 bits per heavy atom. The topological polar surface area (TPSA) is 55.1 Å². The van der Waals surface area contributed by atoms with Crippen molar-refractivity contribution < 1.29 is 0 Å². The molecule has 1 atom stereocenters. The zero-order chi connectivity index (χ0) is 12.4. The third-order valence-electron chi connectivity index (χ3n) is 2.60. The first-order valence-electron chi connectivity index (χ1n) is 6.00. The van der Waals surface area contributed by atoms with Crippen molar-refractivity contribution in [1.82, 2.24) is 19.6 Å². The second-order valence-corrected chi connectivity index (χ2v) is 4.93. The maximum atomic E-state index is 4.31. The van der Waals surface area contributed by atoms with Crippen LogP contribution in [-0.4, -0.2) is 25.6 Å². The van der Waals surface area contributed by atoms with Gasteiger partial charge < -0.3 is 5.32 Å². The van der Waals surface area contributed by atoms with E-state index in [0.29, 0.717) is 17.7 Å². The van der Waals surface area contributed by atoms with Gasteiger partial charge in [0, 0.05) is 17.8 Å². The number of fused-ring (bicyclic) bond motifs is 1. The first-order valence-corrected chi connectivity index (χ1v) is 6.00. The molecule has 0 amide bonds. The molecule has 0 aliphatic heterocycles. The van der Waals surface area contributed by atoms with Crippen molar-refractivity contribution in [2.45, 2.75) is 40.2 Å². The highest BCUT2D eigenvalue weighted by atomic mass is 15.4. The third kappa shape index (κ3) is 2.72. The number of aromatic nitrogens is 4. The Kier molecular flexibility index (Phi) is 3.26. The second kappa shape index (κ2) is 4.69. The SMILES string of the molecule is Cc1cc(NC(C)CC(C)C)n2ncnc2n1. The van der Waals surface area contributed by atoms with Gasteiger partial charge in [-0.1, -0.05) is 13.8 Å². The standard InChI is InChI=1S/C12H19N5/c1-8(2)5-9(3)15-11-6-10(4)16-12-13-7-14-17(11)12/h6-9,15H,5H2,1-4H3. The maximum Gasteiger partial charge on any atom is 0.254 e. The zero-order valence-electron chi connectivity index (χ0n) is 10.8. The number of anilines is 1. The number of hydrogen-bond donors (Lipinski definition) is 1. The summed E-state index contributed by atoms with van der Waals surface area (Å²) < 4.78 is 1.74. The highest BCUT2D eigenvalue weighted by Gasteiger charge is 2.09. The zero-order valence-corrected chi connectivity index (χ0v) is 10.8. The molecule has 5 heteroatoms. The highest BCUT2D eigenvalue weighted by Crippen LogP contribution is 2.14. The molecule has 2 aromatic rings. The van der Waals surface area contributed by atoms with Gasteiger partial charge in [-0.2, -0.15) is 14.6 Å². The van der Waals surface area contributed by atoms with Crippen molar-refractivity contribution in [3.05, 3.63) is 18.1 Å². The van der Waals surface area contributed by atoms with Crippen molar-refractivity contribution in [3.8, 4) is 0 Å². The molecule has 2 aromatic heterocycles. The summed E-state index contributed by atoms with van der Waals surface area (Å²) in [6.45, 7) is 8.59. The van der Waals surface area contributed by atoms with Gasteiger partial charge in [-0.25, -0.2) is 4.98 Å². The second-order valence-electron chi connectivity index (χ2n) is 4.93. The van der Waals surface area contributed by atoms with Crippen molar-refractivity contribution in [2.24, 2.45) is 5.92 Å². The van der Waals surface area contributed by atoms with Crippen LogP contribution in [-0.2, 0) is 0 Å². The Bertz CT molecular complexity index is 503. The lowest BCUT2D eigenvalue weighted by atomic mass is 10.1. The minimum atomic E-state index is 0.407. The van der Waals surface area contributed by atoms with Gasteiger partial charge in [0.15, 0.2) is 0 Å². The van der Waals surface area contributed by atoms with Crippen LogP contribution in [0.1, 0.15) is 32.9 Å². The Labute approximate surface area is 101 Å². The van der Waals surface area contributed by atoms with Crippen LogP contribution in [0.3, 0.4) is 0 Å². The van der Waals surface area contributed by atoms with Crippen molar-refractivity contribution >= 4 is 11.6 Å². The van der Waals surface area contributed by atoms with Crippen LogP contribution in [0.4, 0.5) is 5.82 Å². The summed E-state index contributed by atoms with van der Waals surface area (Å²) in [4.78, 5) is 8.42. The molecule has 0 saturated heterocycles. The molecule has 92 valence electrons. The van der Waals surface area contributed by atoms with Gasteiger partial charge >= 0.3 is 0 Å². The van der Waals surface area contributed by atoms with E-state index in [-0.39, 0.29) is 0 Å². The number of hydrogen-bond acceptors (Lipinski definition) is 4. The van der Waals surface area contributed by atoms with E-state index >= 15 is 0 Å². The molecule has 0 aliphatic rings. The Morgan fingerprint density at radius 1 is 1.35 bits per heavy atom. The molecular weight excluding hydrogens is 214 g/mol. The van der Waals surface area contributed by atoms with Gasteiger partial charge in [-0.05, 0) is 26.2 Å². The van der Waals surface area contributed by atoms with Crippen LogP contribution in [0.2, 0.25) is 0 Å². The van der Waals surface area contributed by atoms with E-state index in [1.54, 1.807) is 4.52 Å². The van der Waals surface area contributed by atoms with Crippen LogP contribution < -0.4 is 5.32 Å². The molecule has 0 bridgehead atoms. The van der Waals surface area contributed by atoms with Crippen LogP contribution in [0.5, 0.6) is 0 Å². The summed E-state index contributed by atoms with van der Waals surface area (Å²) in [5, 5.41) is 7.64. The number of nitrogens with one attached hydrogen (secondary N) is 1. The van der Waals surface area contributed by atoms with Crippen LogP contribution >= 0.6 is 0 Å². The minimum absolute atomic E-state index is 0.407. The van der Waals surface area contributed by atoms with Gasteiger partial charge in [0.05, 0.1) is 0 Å². The number of rotatable bonds is 4. The first-order chi connectivity index (χ1) is 8.06. The van der Waals surface area contributed by atoms with Crippen molar-refractivity contribution in [3.63, 3.8) is 0 Å². The fourth-order valence-electron chi connectivity index (χ4n) is 2.05. The maximum absolute atomic E-state index is 4.31. The van der Waals surface area contributed by atoms with Crippen LogP contribution in [0, 0.1) is 12.8 Å². The first kappa shape index (κ1) is 11.8. The summed E-state index contributed by atoms with van der Waals surface area (Å²) in [7, 11) is 0. The lowest BCUT2D eigenvalue weighted by molar-refractivity contribution is 0.537. The molecule has 2 rings (SSSR count). The summed E-state index contributed by atoms with van der Waals surface area (Å²) in [5.41, 5.74) is 0.949. The molecule has 1 N–H and O–H groups in total. The van der Waals surface area contributed by atoms with Gasteiger partial charge in [0.1, 0.15) is 12.1 Å². The molecule has 0 fully saturated rings. The molecule has 5 nitrogen and oxygen atoms in total. The Hall–Kier alpha value is -1.65. The molecule has 0 spiro atoms. The van der Waals surface area contributed by atoms with E-state index in [1.165, 1.54) is 6.33 Å². The van der Waals surface area contributed by atoms with E-state index in [2.05, 4.69) is 41.2 Å². The monoisotopic (exact) mass is 233 g/mol. The van der Waals surface area contributed by atoms with E-state index in [0.717, 1.165) is 17.9 Å². The predicted molar refractivity (Wildman–Crippen MR) is 68.1 cm³/mol. The average Bonchev–Trinajstić information content (AvgIpc) is 2.63. The lowest BCUT2D eigenvalue weighted by Gasteiger charge is -2.17. The minimum Gasteiger partial charge on any atom is -0.367 e. The fourth-order valence-corrected chi connectivity index (χ4v) is 2.05. The fraction of sp³-hybridized carbons (Fsp3) is 0.583. The van der Waals surface area contributed by atoms with E-state index in [9.17, 15) is 0 Å². The quantitative estimate of drug-likeness (QED) is 0.880. The Balaban J connectivity index is 2.25. The highest BCUT2D eigenvalue weighted by molar-refractivity contribution is 5.45. The summed E-state index contributed by atoms with van der Waals surface area (Å²) >= 11 is 0. The van der Waals surface area contributed by atoms with Gasteiger partial charge in [0.25, 0.3) is 5.78 Å². The molecule has 17 heavy (non-hydrogen) atoms. The van der Waals surface area contributed by atoms with Crippen molar-refractivity contribution in [2.75, 3.05) is 5.32 Å². The number of aryl methyl sites for hydroxylation is 1. The molecule has 2 heterocycles. The van der Waals surface area contributed by atoms with E-state index in [4.69, 9.17) is 0 Å². The smallest absolute Gasteiger partial charge is 0.254 e. The van der Waals surface area contributed by atoms with Gasteiger partial charge in [-0.15, -0.1) is 0 Å². The predicted octanol–water partition coefficient (Wildman–Crippen LogP) is 2.28. The Morgan fingerprint density at radius 2 is 2.12 bits per heavy atom. The van der Waals surface area contributed by atoms with Crippen LogP contribution in [0.15, 0.2) is 12.4 Å². The lowest BCUT2D eigenvalue weighted by Crippen LogP contribution is -2.19. The summed E-state index contributed by atoms with van der Waals surface area (Å²) in [5.74, 6) is 2.27. The molecule has 0 radical (unpaired) electrons. The molecule has 0 aliphatic carbocycles.